The fourth-order valence-corrected chi connectivity index (χ4v) is 4.07. The van der Waals surface area contributed by atoms with Gasteiger partial charge in [-0.05, 0) is 35.3 Å². The minimum Gasteiger partial charge on any atom is -0.305 e. The van der Waals surface area contributed by atoms with Crippen LogP contribution in [0.15, 0.2) is 65.8 Å². The number of thiol groups is 1. The molecule has 2 aromatic carbocycles. The summed E-state index contributed by atoms with van der Waals surface area (Å²) in [7, 11) is 0. The van der Waals surface area contributed by atoms with Gasteiger partial charge in [0.05, 0.1) is 0 Å². The fourth-order valence-electron chi connectivity index (χ4n) is 3.45. The van der Waals surface area contributed by atoms with Gasteiger partial charge >= 0.3 is 21.1 Å². The second-order valence-corrected chi connectivity index (χ2v) is 8.95. The first kappa shape index (κ1) is 27.4. The molecule has 0 saturated carbocycles. The van der Waals surface area contributed by atoms with Crippen LogP contribution in [0.25, 0.3) is 22.5 Å². The summed E-state index contributed by atoms with van der Waals surface area (Å²) in [5, 5.41) is 0. The van der Waals surface area contributed by atoms with E-state index in [1.165, 1.54) is 32.7 Å². The molecular weight excluding hydrogens is 624 g/mol. The number of thioether (sulfide) groups is 1. The number of hydrogen-bond acceptors (Lipinski definition) is 4. The van der Waals surface area contributed by atoms with Gasteiger partial charge in [-0.2, -0.15) is 12.6 Å². The van der Waals surface area contributed by atoms with Crippen molar-refractivity contribution >= 4 is 24.4 Å². The van der Waals surface area contributed by atoms with Crippen molar-refractivity contribution in [2.24, 2.45) is 0 Å². The summed E-state index contributed by atoms with van der Waals surface area (Å²) in [6.07, 6.45) is 5.76. The number of nitrogens with zero attached hydrogens (tertiary/aromatic N) is 2. The summed E-state index contributed by atoms with van der Waals surface area (Å²) >= 11 is 6.01. The summed E-state index contributed by atoms with van der Waals surface area (Å²) in [4.78, 5) is 10.0. The van der Waals surface area contributed by atoms with Crippen molar-refractivity contribution in [3.05, 3.63) is 101 Å². The molecule has 5 heteroatoms. The van der Waals surface area contributed by atoms with Crippen LogP contribution in [0, 0.1) is 39.8 Å². The number of aromatic nitrogens is 2. The van der Waals surface area contributed by atoms with E-state index in [1.807, 2.05) is 36.7 Å². The molecule has 0 fully saturated rings. The Morgan fingerprint density at radius 1 is 0.788 bits per heavy atom. The summed E-state index contributed by atoms with van der Waals surface area (Å²) in [6.45, 7) is 8.35. The van der Waals surface area contributed by atoms with Gasteiger partial charge in [-0.1, -0.05) is 39.8 Å². The van der Waals surface area contributed by atoms with Gasteiger partial charge in [-0.3, -0.25) is 0 Å². The molecule has 33 heavy (non-hydrogen) atoms. The van der Waals surface area contributed by atoms with E-state index >= 15 is 0 Å². The van der Waals surface area contributed by atoms with E-state index in [2.05, 4.69) is 92.9 Å². The molecule has 0 atom stereocenters. The Kier molecular flexibility index (Phi) is 10.9. The maximum Gasteiger partial charge on any atom is 2.00 e. The molecule has 0 aliphatic rings. The van der Waals surface area contributed by atoms with Gasteiger partial charge in [0.2, 0.25) is 0 Å². The Hall–Kier alpha value is -1.87. The smallest absolute Gasteiger partial charge is 0.305 e. The van der Waals surface area contributed by atoms with Gasteiger partial charge in [0, 0.05) is 23.0 Å². The van der Waals surface area contributed by atoms with E-state index < -0.39 is 0 Å². The van der Waals surface area contributed by atoms with E-state index in [4.69, 9.17) is 0 Å². The SMILES string of the molecule is CSc1ccnc(-c2[c-]cc(C)cc2C)c1.Cc1c[c-]c(-c2cc(CS)ccn2)c(C)c1.[Pt+2]. The zero-order chi connectivity index (χ0) is 23.1. The fraction of sp³-hybridized carbons (Fsp3) is 0.214. The molecule has 0 saturated heterocycles. The standard InChI is InChI=1S/2C14H14NS.Pt/c1-10-4-5-13(11(2)8-10)14-9-12(16-3)6-7-15-14;1-10-3-4-13(11(2)7-10)14-8-12(9-16)5-6-15-14;/h4,6-9H,1-3H3;3,5-8,16H,9H2,1-2H3;/q2*-1;+2. The largest absolute Gasteiger partial charge is 2.00 e. The molecule has 2 aromatic heterocycles. The second kappa shape index (κ2) is 13.1. The molecule has 0 bridgehead atoms. The molecule has 0 spiro atoms. The van der Waals surface area contributed by atoms with Crippen LogP contribution >= 0.6 is 24.4 Å². The monoisotopic (exact) mass is 651 g/mol. The van der Waals surface area contributed by atoms with Crippen LogP contribution in [0.1, 0.15) is 27.8 Å². The van der Waals surface area contributed by atoms with Crippen LogP contribution in [0.3, 0.4) is 0 Å². The molecule has 2 heterocycles. The first-order valence-electron chi connectivity index (χ1n) is 10.5. The molecule has 0 N–H and O–H groups in total. The van der Waals surface area contributed by atoms with Crippen molar-refractivity contribution in [3.63, 3.8) is 0 Å². The molecular formula is C28H28N2PtS2. The van der Waals surface area contributed by atoms with Crippen molar-refractivity contribution in [3.8, 4) is 22.5 Å². The summed E-state index contributed by atoms with van der Waals surface area (Å²) in [6, 6.07) is 23.1. The van der Waals surface area contributed by atoms with E-state index in [-0.39, 0.29) is 21.1 Å². The van der Waals surface area contributed by atoms with E-state index in [1.54, 1.807) is 11.8 Å². The van der Waals surface area contributed by atoms with E-state index in [9.17, 15) is 0 Å². The number of hydrogen-bond donors (Lipinski definition) is 1. The van der Waals surface area contributed by atoms with Crippen molar-refractivity contribution in [2.75, 3.05) is 6.26 Å². The Morgan fingerprint density at radius 2 is 1.30 bits per heavy atom. The Labute approximate surface area is 222 Å². The first-order chi connectivity index (χ1) is 15.4. The molecule has 4 rings (SSSR count). The predicted molar refractivity (Wildman–Crippen MR) is 140 cm³/mol. The van der Waals surface area contributed by atoms with Crippen molar-refractivity contribution in [1.29, 1.82) is 0 Å². The van der Waals surface area contributed by atoms with Crippen LogP contribution in [0.5, 0.6) is 0 Å². The third kappa shape index (κ3) is 7.57. The van der Waals surface area contributed by atoms with Gasteiger partial charge in [-0.25, -0.2) is 0 Å². The summed E-state index contributed by atoms with van der Waals surface area (Å²) in [5.74, 6) is 0.737. The molecule has 172 valence electrons. The van der Waals surface area contributed by atoms with E-state index in [0.29, 0.717) is 0 Å². The third-order valence-electron chi connectivity index (χ3n) is 5.05. The molecule has 0 unspecified atom stereocenters. The predicted octanol–water partition coefficient (Wildman–Crippen LogP) is 7.48. The van der Waals surface area contributed by atoms with Gasteiger partial charge in [0.1, 0.15) is 0 Å². The van der Waals surface area contributed by atoms with Crippen LogP contribution in [0.4, 0.5) is 0 Å². The molecule has 2 nitrogen and oxygen atoms in total. The normalized spacial score (nSPS) is 10.1. The van der Waals surface area contributed by atoms with Crippen LogP contribution in [-0.2, 0) is 26.8 Å². The molecule has 0 amide bonds. The van der Waals surface area contributed by atoms with Crippen molar-refractivity contribution < 1.29 is 21.1 Å². The minimum absolute atomic E-state index is 0. The average molecular weight is 652 g/mol. The topological polar surface area (TPSA) is 25.8 Å². The Balaban J connectivity index is 0.000000227. The number of rotatable bonds is 4. The average Bonchev–Trinajstić information content (AvgIpc) is 2.79. The number of benzene rings is 2. The first-order valence-corrected chi connectivity index (χ1v) is 12.3. The Morgan fingerprint density at radius 3 is 1.79 bits per heavy atom. The van der Waals surface area contributed by atoms with E-state index in [0.717, 1.165) is 28.3 Å². The van der Waals surface area contributed by atoms with Gasteiger partial charge in [-0.15, -0.1) is 81.5 Å². The Bertz CT molecular complexity index is 1110. The minimum atomic E-state index is 0. The molecule has 0 radical (unpaired) electrons. The molecule has 0 aliphatic heterocycles. The quantitative estimate of drug-likeness (QED) is 0.141. The number of aryl methyl sites for hydroxylation is 4. The third-order valence-corrected chi connectivity index (χ3v) is 6.14. The van der Waals surface area contributed by atoms with Crippen LogP contribution in [0.2, 0.25) is 0 Å². The van der Waals surface area contributed by atoms with Crippen molar-refractivity contribution in [2.45, 2.75) is 38.3 Å². The van der Waals surface area contributed by atoms with Crippen molar-refractivity contribution in [1.82, 2.24) is 9.97 Å². The second-order valence-electron chi connectivity index (χ2n) is 7.76. The van der Waals surface area contributed by atoms with Crippen LogP contribution < -0.4 is 0 Å². The van der Waals surface area contributed by atoms with Gasteiger partial charge in [0.25, 0.3) is 0 Å². The van der Waals surface area contributed by atoms with Gasteiger partial charge in [0.15, 0.2) is 0 Å². The zero-order valence-electron chi connectivity index (χ0n) is 19.5. The maximum atomic E-state index is 4.40. The molecule has 4 aromatic rings. The summed E-state index contributed by atoms with van der Waals surface area (Å²) in [5.41, 5.74) is 10.2. The maximum absolute atomic E-state index is 4.40. The van der Waals surface area contributed by atoms with Crippen LogP contribution in [-0.4, -0.2) is 16.2 Å². The zero-order valence-corrected chi connectivity index (χ0v) is 23.5. The number of pyridine rings is 2. The summed E-state index contributed by atoms with van der Waals surface area (Å²) < 4.78 is 0. The molecule has 0 aliphatic carbocycles. The van der Waals surface area contributed by atoms with Gasteiger partial charge < -0.3 is 9.97 Å².